The van der Waals surface area contributed by atoms with Gasteiger partial charge in [-0.05, 0) is 6.07 Å². The molecule has 0 fully saturated rings. The first-order valence-electron chi connectivity index (χ1n) is 2.63. The molecule has 0 atom stereocenters. The molecule has 1 rings (SSSR count). The van der Waals surface area contributed by atoms with Crippen molar-refractivity contribution in [2.24, 2.45) is 0 Å². The van der Waals surface area contributed by atoms with Gasteiger partial charge < -0.3 is 10.6 Å². The number of nitro groups is 1. The standard InChI is InChI=1S/C6H5NO3.H2O/c8-6-3-1-2-5(4-6)7(9)10;/h1-4,8H;1H2. The average Bonchev–Trinajstić information content (AvgIpc) is 1.88. The van der Waals surface area contributed by atoms with Gasteiger partial charge in [0, 0.05) is 6.07 Å². The highest BCUT2D eigenvalue weighted by Crippen LogP contribution is 2.16. The summed E-state index contributed by atoms with van der Waals surface area (Å²) in [6.07, 6.45) is 0. The first kappa shape index (κ1) is 9.38. The molecule has 0 heterocycles. The van der Waals surface area contributed by atoms with Crippen molar-refractivity contribution >= 4 is 5.69 Å². The van der Waals surface area contributed by atoms with Gasteiger partial charge in [0.15, 0.2) is 0 Å². The summed E-state index contributed by atoms with van der Waals surface area (Å²) in [5.41, 5.74) is -0.0972. The maximum absolute atomic E-state index is 10.0. The smallest absolute Gasteiger partial charge is 0.273 e. The van der Waals surface area contributed by atoms with E-state index in [2.05, 4.69) is 0 Å². The molecule has 0 aliphatic rings. The summed E-state index contributed by atoms with van der Waals surface area (Å²) in [7, 11) is 0. The van der Waals surface area contributed by atoms with Gasteiger partial charge in [0.2, 0.25) is 0 Å². The van der Waals surface area contributed by atoms with Crippen molar-refractivity contribution in [2.45, 2.75) is 0 Å². The van der Waals surface area contributed by atoms with E-state index >= 15 is 0 Å². The lowest BCUT2D eigenvalue weighted by Gasteiger charge is -1.89. The molecule has 1 aromatic rings. The third-order valence-electron chi connectivity index (χ3n) is 1.04. The van der Waals surface area contributed by atoms with Crippen LogP contribution in [0.1, 0.15) is 0 Å². The van der Waals surface area contributed by atoms with Crippen molar-refractivity contribution in [3.05, 3.63) is 34.4 Å². The van der Waals surface area contributed by atoms with Crippen molar-refractivity contribution in [1.29, 1.82) is 0 Å². The van der Waals surface area contributed by atoms with Crippen LogP contribution in [-0.2, 0) is 0 Å². The van der Waals surface area contributed by atoms with Gasteiger partial charge in [-0.25, -0.2) is 0 Å². The molecule has 0 aliphatic carbocycles. The van der Waals surface area contributed by atoms with Gasteiger partial charge in [0.25, 0.3) is 5.69 Å². The van der Waals surface area contributed by atoms with Gasteiger partial charge in [0.05, 0.1) is 11.0 Å². The SMILES string of the molecule is O.O=[N+]([O-])c1cccc(O)c1. The monoisotopic (exact) mass is 157 g/mol. The predicted molar refractivity (Wildman–Crippen MR) is 38.4 cm³/mol. The highest BCUT2D eigenvalue weighted by atomic mass is 16.6. The average molecular weight is 157 g/mol. The number of phenolic OH excluding ortho intramolecular Hbond substituents is 1. The summed E-state index contributed by atoms with van der Waals surface area (Å²) < 4.78 is 0. The second-order valence-electron chi connectivity index (χ2n) is 1.78. The van der Waals surface area contributed by atoms with E-state index in [1.165, 1.54) is 18.2 Å². The number of hydrogen-bond donors (Lipinski definition) is 1. The normalized spacial score (nSPS) is 8.36. The van der Waals surface area contributed by atoms with Crippen LogP contribution in [0.4, 0.5) is 5.69 Å². The Labute approximate surface area is 62.4 Å². The summed E-state index contributed by atoms with van der Waals surface area (Å²) >= 11 is 0. The number of hydrogen-bond acceptors (Lipinski definition) is 3. The fourth-order valence-electron chi connectivity index (χ4n) is 0.607. The third kappa shape index (κ3) is 2.23. The quantitative estimate of drug-likeness (QED) is 0.474. The highest BCUT2D eigenvalue weighted by molar-refractivity contribution is 5.36. The molecule has 3 N–H and O–H groups in total. The van der Waals surface area contributed by atoms with Crippen LogP contribution >= 0.6 is 0 Å². The molecule has 0 bridgehead atoms. The van der Waals surface area contributed by atoms with Gasteiger partial charge in [0.1, 0.15) is 5.75 Å². The van der Waals surface area contributed by atoms with Crippen molar-refractivity contribution in [3.63, 3.8) is 0 Å². The Morgan fingerprint density at radius 2 is 2.09 bits per heavy atom. The molecule has 0 amide bonds. The van der Waals surface area contributed by atoms with Crippen LogP contribution in [0.3, 0.4) is 0 Å². The highest BCUT2D eigenvalue weighted by Gasteiger charge is 2.03. The molecular weight excluding hydrogens is 150 g/mol. The summed E-state index contributed by atoms with van der Waals surface area (Å²) in [5, 5.41) is 18.8. The summed E-state index contributed by atoms with van der Waals surface area (Å²) in [5.74, 6) is -0.0887. The molecular formula is C6H7NO4. The zero-order valence-electron chi connectivity index (χ0n) is 5.52. The number of benzene rings is 1. The topological polar surface area (TPSA) is 94.9 Å². The third-order valence-corrected chi connectivity index (χ3v) is 1.04. The molecule has 0 unspecified atom stereocenters. The van der Waals surface area contributed by atoms with Crippen LogP contribution in [0.2, 0.25) is 0 Å². The Hall–Kier alpha value is -1.62. The molecule has 0 aromatic heterocycles. The second-order valence-corrected chi connectivity index (χ2v) is 1.78. The van der Waals surface area contributed by atoms with E-state index in [0.717, 1.165) is 6.07 Å². The lowest BCUT2D eigenvalue weighted by molar-refractivity contribution is -0.384. The van der Waals surface area contributed by atoms with Crippen molar-refractivity contribution in [3.8, 4) is 5.75 Å². The Balaban J connectivity index is 0.000001000. The van der Waals surface area contributed by atoms with E-state index in [0.29, 0.717) is 0 Å². The number of phenols is 1. The Bertz CT molecular complexity index is 261. The molecule has 0 spiro atoms. The minimum atomic E-state index is -0.556. The molecule has 11 heavy (non-hydrogen) atoms. The van der Waals surface area contributed by atoms with Gasteiger partial charge in [-0.2, -0.15) is 0 Å². The number of rotatable bonds is 1. The fourth-order valence-corrected chi connectivity index (χ4v) is 0.607. The van der Waals surface area contributed by atoms with Crippen LogP contribution in [0, 0.1) is 10.1 Å². The van der Waals surface area contributed by atoms with Gasteiger partial charge in [-0.1, -0.05) is 6.07 Å². The van der Waals surface area contributed by atoms with Crippen molar-refractivity contribution in [2.75, 3.05) is 0 Å². The largest absolute Gasteiger partial charge is 0.508 e. The molecule has 0 aliphatic heterocycles. The Kier molecular flexibility index (Phi) is 3.01. The van der Waals surface area contributed by atoms with E-state index < -0.39 is 4.92 Å². The van der Waals surface area contributed by atoms with E-state index in [-0.39, 0.29) is 16.9 Å². The van der Waals surface area contributed by atoms with Crippen LogP contribution < -0.4 is 0 Å². The fraction of sp³-hybridized carbons (Fsp3) is 0. The first-order chi connectivity index (χ1) is 4.70. The number of aromatic hydroxyl groups is 1. The zero-order valence-corrected chi connectivity index (χ0v) is 5.52. The van der Waals surface area contributed by atoms with Crippen molar-refractivity contribution < 1.29 is 15.5 Å². The lowest BCUT2D eigenvalue weighted by Crippen LogP contribution is -1.85. The summed E-state index contributed by atoms with van der Waals surface area (Å²) in [6, 6.07) is 5.22. The van der Waals surface area contributed by atoms with E-state index in [4.69, 9.17) is 5.11 Å². The van der Waals surface area contributed by atoms with Gasteiger partial charge >= 0.3 is 0 Å². The molecule has 5 nitrogen and oxygen atoms in total. The Morgan fingerprint density at radius 1 is 1.45 bits per heavy atom. The van der Waals surface area contributed by atoms with E-state index in [1.54, 1.807) is 0 Å². The van der Waals surface area contributed by atoms with Crippen molar-refractivity contribution in [1.82, 2.24) is 0 Å². The van der Waals surface area contributed by atoms with E-state index in [9.17, 15) is 10.1 Å². The molecule has 60 valence electrons. The van der Waals surface area contributed by atoms with Crippen LogP contribution in [0.5, 0.6) is 5.75 Å². The minimum absolute atomic E-state index is 0. The summed E-state index contributed by atoms with van der Waals surface area (Å²) in [6.45, 7) is 0. The molecule has 1 aromatic carbocycles. The molecule has 5 heteroatoms. The molecule has 0 saturated carbocycles. The lowest BCUT2D eigenvalue weighted by atomic mass is 10.3. The Morgan fingerprint density at radius 3 is 2.45 bits per heavy atom. The molecule has 0 radical (unpaired) electrons. The summed E-state index contributed by atoms with van der Waals surface area (Å²) in [4.78, 5) is 9.49. The maximum atomic E-state index is 10.0. The van der Waals surface area contributed by atoms with Gasteiger partial charge in [-0.15, -0.1) is 0 Å². The van der Waals surface area contributed by atoms with E-state index in [1.807, 2.05) is 0 Å². The van der Waals surface area contributed by atoms with Gasteiger partial charge in [-0.3, -0.25) is 10.1 Å². The second kappa shape index (κ2) is 3.52. The maximum Gasteiger partial charge on any atom is 0.273 e. The van der Waals surface area contributed by atoms with Crippen LogP contribution in [-0.4, -0.2) is 15.5 Å². The minimum Gasteiger partial charge on any atom is -0.508 e. The number of nitrogens with zero attached hydrogens (tertiary/aromatic N) is 1. The number of nitro benzene ring substituents is 1. The molecule has 0 saturated heterocycles. The predicted octanol–water partition coefficient (Wildman–Crippen LogP) is 0.476. The van der Waals surface area contributed by atoms with Crippen LogP contribution in [0.25, 0.3) is 0 Å². The first-order valence-corrected chi connectivity index (χ1v) is 2.63. The zero-order chi connectivity index (χ0) is 7.56. The number of non-ortho nitro benzene ring substituents is 1. The van der Waals surface area contributed by atoms with Crippen LogP contribution in [0.15, 0.2) is 24.3 Å².